The molecule has 0 spiro atoms. The first-order chi connectivity index (χ1) is 8.08. The Kier molecular flexibility index (Phi) is 6.90. The molecule has 0 aromatic rings. The van der Waals surface area contributed by atoms with Gasteiger partial charge in [0.15, 0.2) is 0 Å². The standard InChI is InChI=1S/C14H29NOS/c1-5-15-13-9-10(2)8-11(3)14(13)17-12(4)6-7-16/h10-16H,5-9H2,1-4H3. The van der Waals surface area contributed by atoms with Crippen LogP contribution in [0.1, 0.15) is 47.0 Å². The van der Waals surface area contributed by atoms with E-state index in [1.807, 2.05) is 0 Å². The molecule has 1 rings (SSSR count). The monoisotopic (exact) mass is 259 g/mol. The molecule has 0 bridgehead atoms. The molecule has 0 radical (unpaired) electrons. The third-order valence-corrected chi connectivity index (χ3v) is 5.59. The average molecular weight is 259 g/mol. The van der Waals surface area contributed by atoms with E-state index < -0.39 is 0 Å². The molecule has 17 heavy (non-hydrogen) atoms. The van der Waals surface area contributed by atoms with Crippen molar-refractivity contribution in [2.45, 2.75) is 63.5 Å². The zero-order valence-electron chi connectivity index (χ0n) is 11.8. The van der Waals surface area contributed by atoms with Crippen molar-refractivity contribution in [3.05, 3.63) is 0 Å². The van der Waals surface area contributed by atoms with Gasteiger partial charge in [0.25, 0.3) is 0 Å². The summed E-state index contributed by atoms with van der Waals surface area (Å²) in [6, 6.07) is 0.657. The van der Waals surface area contributed by atoms with Gasteiger partial charge in [-0.15, -0.1) is 0 Å². The molecule has 3 heteroatoms. The fraction of sp³-hybridized carbons (Fsp3) is 1.00. The number of thioether (sulfide) groups is 1. The lowest BCUT2D eigenvalue weighted by molar-refractivity contribution is 0.250. The molecule has 5 unspecified atom stereocenters. The Balaban J connectivity index is 2.56. The molecule has 2 nitrogen and oxygen atoms in total. The largest absolute Gasteiger partial charge is 0.396 e. The van der Waals surface area contributed by atoms with Gasteiger partial charge in [0.2, 0.25) is 0 Å². The van der Waals surface area contributed by atoms with E-state index in [0.717, 1.165) is 24.8 Å². The van der Waals surface area contributed by atoms with Gasteiger partial charge in [-0.05, 0) is 37.6 Å². The maximum Gasteiger partial charge on any atom is 0.0441 e. The third kappa shape index (κ3) is 4.80. The summed E-state index contributed by atoms with van der Waals surface area (Å²) in [5, 5.41) is 14.0. The summed E-state index contributed by atoms with van der Waals surface area (Å²) in [6.45, 7) is 10.6. The molecule has 102 valence electrons. The van der Waals surface area contributed by atoms with Gasteiger partial charge in [-0.2, -0.15) is 11.8 Å². The van der Waals surface area contributed by atoms with E-state index in [1.165, 1.54) is 12.8 Å². The first-order valence-corrected chi connectivity index (χ1v) is 8.02. The highest BCUT2D eigenvalue weighted by atomic mass is 32.2. The second kappa shape index (κ2) is 7.65. The van der Waals surface area contributed by atoms with Gasteiger partial charge in [0, 0.05) is 23.1 Å². The number of rotatable bonds is 6. The topological polar surface area (TPSA) is 32.3 Å². The number of hydrogen-bond donors (Lipinski definition) is 2. The van der Waals surface area contributed by atoms with Crippen molar-refractivity contribution in [3.8, 4) is 0 Å². The van der Waals surface area contributed by atoms with E-state index in [-0.39, 0.29) is 0 Å². The molecule has 0 aliphatic heterocycles. The van der Waals surface area contributed by atoms with Crippen LogP contribution in [-0.2, 0) is 0 Å². The second-order valence-electron chi connectivity index (χ2n) is 5.64. The Hall–Kier alpha value is 0.270. The van der Waals surface area contributed by atoms with Crippen molar-refractivity contribution in [3.63, 3.8) is 0 Å². The molecule has 0 aromatic heterocycles. The Morgan fingerprint density at radius 1 is 1.35 bits per heavy atom. The summed E-state index contributed by atoms with van der Waals surface area (Å²) in [5.41, 5.74) is 0. The van der Waals surface area contributed by atoms with Crippen LogP contribution in [-0.4, -0.2) is 34.8 Å². The van der Waals surface area contributed by atoms with Gasteiger partial charge >= 0.3 is 0 Å². The minimum absolute atomic E-state index is 0.317. The van der Waals surface area contributed by atoms with Gasteiger partial charge in [0.05, 0.1) is 0 Å². The molecule has 0 amide bonds. The highest BCUT2D eigenvalue weighted by molar-refractivity contribution is 8.00. The van der Waals surface area contributed by atoms with E-state index in [4.69, 9.17) is 5.11 Å². The third-order valence-electron chi connectivity index (χ3n) is 3.78. The van der Waals surface area contributed by atoms with Gasteiger partial charge in [-0.1, -0.05) is 27.7 Å². The first-order valence-electron chi connectivity index (χ1n) is 7.08. The molecular formula is C14H29NOS. The number of nitrogens with one attached hydrogen (secondary N) is 1. The summed E-state index contributed by atoms with van der Waals surface area (Å²) >= 11 is 2.08. The van der Waals surface area contributed by atoms with Crippen molar-refractivity contribution in [1.29, 1.82) is 0 Å². The fourth-order valence-electron chi connectivity index (χ4n) is 3.04. The van der Waals surface area contributed by atoms with Crippen molar-refractivity contribution in [2.24, 2.45) is 11.8 Å². The maximum atomic E-state index is 9.01. The van der Waals surface area contributed by atoms with E-state index in [1.54, 1.807) is 0 Å². The van der Waals surface area contributed by atoms with Crippen molar-refractivity contribution in [2.75, 3.05) is 13.2 Å². The molecule has 0 saturated heterocycles. The van der Waals surface area contributed by atoms with Crippen LogP contribution in [0.4, 0.5) is 0 Å². The zero-order valence-corrected chi connectivity index (χ0v) is 12.6. The van der Waals surface area contributed by atoms with E-state index in [0.29, 0.717) is 23.1 Å². The van der Waals surface area contributed by atoms with Gasteiger partial charge < -0.3 is 10.4 Å². The maximum absolute atomic E-state index is 9.01. The van der Waals surface area contributed by atoms with Crippen LogP contribution in [0.3, 0.4) is 0 Å². The van der Waals surface area contributed by atoms with Crippen LogP contribution in [0.15, 0.2) is 0 Å². The molecule has 1 aliphatic rings. The summed E-state index contributed by atoms with van der Waals surface area (Å²) < 4.78 is 0. The van der Waals surface area contributed by atoms with Crippen LogP contribution in [0, 0.1) is 11.8 Å². The van der Waals surface area contributed by atoms with E-state index in [2.05, 4.69) is 44.8 Å². The smallest absolute Gasteiger partial charge is 0.0441 e. The minimum atomic E-state index is 0.317. The number of hydrogen-bond acceptors (Lipinski definition) is 3. The fourth-order valence-corrected chi connectivity index (χ4v) is 4.59. The van der Waals surface area contributed by atoms with Crippen LogP contribution in [0.25, 0.3) is 0 Å². The Bertz CT molecular complexity index is 212. The van der Waals surface area contributed by atoms with Crippen molar-refractivity contribution >= 4 is 11.8 Å². The molecule has 0 heterocycles. The van der Waals surface area contributed by atoms with Crippen LogP contribution >= 0.6 is 11.8 Å². The summed E-state index contributed by atoms with van der Waals surface area (Å²) in [5.74, 6) is 1.63. The van der Waals surface area contributed by atoms with Gasteiger partial charge in [0.1, 0.15) is 0 Å². The first kappa shape index (κ1) is 15.3. The summed E-state index contributed by atoms with van der Waals surface area (Å²) in [7, 11) is 0. The molecule has 0 aromatic carbocycles. The summed E-state index contributed by atoms with van der Waals surface area (Å²) in [6.07, 6.45) is 3.58. The lowest BCUT2D eigenvalue weighted by Crippen LogP contribution is -2.47. The molecule has 2 N–H and O–H groups in total. The lowest BCUT2D eigenvalue weighted by Gasteiger charge is -2.40. The van der Waals surface area contributed by atoms with Crippen LogP contribution < -0.4 is 5.32 Å². The molecule has 5 atom stereocenters. The summed E-state index contributed by atoms with van der Waals surface area (Å²) in [4.78, 5) is 0. The number of aliphatic hydroxyl groups is 1. The predicted octanol–water partition coefficient (Wildman–Crippen LogP) is 2.90. The quantitative estimate of drug-likeness (QED) is 0.769. The van der Waals surface area contributed by atoms with Crippen LogP contribution in [0.5, 0.6) is 0 Å². The van der Waals surface area contributed by atoms with Crippen LogP contribution in [0.2, 0.25) is 0 Å². The van der Waals surface area contributed by atoms with Crippen molar-refractivity contribution in [1.82, 2.24) is 5.32 Å². The zero-order chi connectivity index (χ0) is 12.8. The Morgan fingerprint density at radius 3 is 2.65 bits per heavy atom. The molecule has 1 aliphatic carbocycles. The highest BCUT2D eigenvalue weighted by Crippen LogP contribution is 2.38. The highest BCUT2D eigenvalue weighted by Gasteiger charge is 2.34. The lowest BCUT2D eigenvalue weighted by atomic mass is 9.80. The van der Waals surface area contributed by atoms with Gasteiger partial charge in [-0.3, -0.25) is 0 Å². The average Bonchev–Trinajstić information content (AvgIpc) is 2.24. The van der Waals surface area contributed by atoms with E-state index >= 15 is 0 Å². The Morgan fingerprint density at radius 2 is 2.06 bits per heavy atom. The van der Waals surface area contributed by atoms with E-state index in [9.17, 15) is 0 Å². The number of aliphatic hydroxyl groups excluding tert-OH is 1. The SMILES string of the molecule is CCNC1CC(C)CC(C)C1SC(C)CCO. The second-order valence-corrected chi connectivity index (χ2v) is 7.26. The molecule has 1 saturated carbocycles. The molecule has 1 fully saturated rings. The molecular weight excluding hydrogens is 230 g/mol. The normalized spacial score (nSPS) is 35.8. The predicted molar refractivity (Wildman–Crippen MR) is 77.6 cm³/mol. The van der Waals surface area contributed by atoms with Gasteiger partial charge in [-0.25, -0.2) is 0 Å². The minimum Gasteiger partial charge on any atom is -0.396 e. The van der Waals surface area contributed by atoms with Crippen molar-refractivity contribution < 1.29 is 5.11 Å². The Labute approximate surface area is 111 Å².